The van der Waals surface area contributed by atoms with E-state index in [4.69, 9.17) is 9.97 Å². The molecule has 4 nitrogen and oxygen atoms in total. The minimum absolute atomic E-state index is 0.674. The molecule has 0 fully saturated rings. The standard InChI is InChI=1S/C62H36N4S2/c1-3-15-37(16-4-1)39-27-28-41-34-43(31-29-40(41)33-39)65-51-23-11-7-19-44(51)46-32-30-42(35-53(46)65)49-36-50-45-20-8-12-24-52(45)66(59(50)56-47-21-9-13-25-54(47)67-60(49)56)62-63-57(38-17-5-2-6-18-38)61-58(64-62)48-22-10-14-26-55(48)68-61/h1-36H. The van der Waals surface area contributed by atoms with Gasteiger partial charge in [-0.1, -0.05) is 164 Å². The number of nitrogens with zero attached hydrogens (tertiary/aromatic N) is 4. The zero-order valence-corrected chi connectivity index (χ0v) is 38.0. The van der Waals surface area contributed by atoms with Crippen molar-refractivity contribution in [2.45, 2.75) is 0 Å². The number of rotatable bonds is 5. The maximum atomic E-state index is 5.55. The molecule has 0 atom stereocenters. The topological polar surface area (TPSA) is 35.6 Å². The van der Waals surface area contributed by atoms with Crippen LogP contribution in [0, 0.1) is 0 Å². The third-order valence-electron chi connectivity index (χ3n) is 13.9. The van der Waals surface area contributed by atoms with E-state index >= 15 is 0 Å². The van der Waals surface area contributed by atoms with E-state index in [1.807, 2.05) is 11.3 Å². The SMILES string of the molecule is c1ccc(-c2ccc3cc(-n4c5ccccc5c5ccc(-c6cc7c8ccccc8n(-c8nc(-c9ccccc9)c9sc%10ccccc%10c9n8)c7c7c6sc6ccccc67)cc54)ccc3c2)cc1. The lowest BCUT2D eigenvalue weighted by molar-refractivity contribution is 1.02. The van der Waals surface area contributed by atoms with Gasteiger partial charge in [0, 0.05) is 68.6 Å². The van der Waals surface area contributed by atoms with E-state index in [0.29, 0.717) is 5.95 Å². The van der Waals surface area contributed by atoms with Crippen LogP contribution in [0.4, 0.5) is 0 Å². The summed E-state index contributed by atoms with van der Waals surface area (Å²) in [6.45, 7) is 0. The lowest BCUT2D eigenvalue weighted by Crippen LogP contribution is -2.03. The third kappa shape index (κ3) is 5.53. The molecule has 68 heavy (non-hydrogen) atoms. The first kappa shape index (κ1) is 37.8. The smallest absolute Gasteiger partial charge is 0.235 e. The second-order valence-corrected chi connectivity index (χ2v) is 19.8. The van der Waals surface area contributed by atoms with Crippen LogP contribution in [-0.2, 0) is 0 Å². The van der Waals surface area contributed by atoms with Crippen molar-refractivity contribution in [3.63, 3.8) is 0 Å². The van der Waals surface area contributed by atoms with E-state index in [1.165, 1.54) is 90.5 Å². The predicted octanol–water partition coefficient (Wildman–Crippen LogP) is 17.6. The first-order valence-electron chi connectivity index (χ1n) is 23.0. The Hall–Kier alpha value is -8.42. The lowest BCUT2D eigenvalue weighted by Gasteiger charge is -2.13. The molecule has 316 valence electrons. The van der Waals surface area contributed by atoms with E-state index < -0.39 is 0 Å². The third-order valence-corrected chi connectivity index (χ3v) is 16.3. The molecule has 6 heteroatoms. The van der Waals surface area contributed by atoms with Gasteiger partial charge in [-0.3, -0.25) is 4.57 Å². The highest BCUT2D eigenvalue weighted by atomic mass is 32.1. The Morgan fingerprint density at radius 2 is 0.941 bits per heavy atom. The Morgan fingerprint density at radius 1 is 0.353 bits per heavy atom. The van der Waals surface area contributed by atoms with Crippen LogP contribution in [0.5, 0.6) is 0 Å². The molecule has 0 radical (unpaired) electrons. The molecule has 0 bridgehead atoms. The number of hydrogen-bond donors (Lipinski definition) is 0. The predicted molar refractivity (Wildman–Crippen MR) is 290 cm³/mol. The summed E-state index contributed by atoms with van der Waals surface area (Å²) in [6, 6.07) is 79.6. The normalized spacial score (nSPS) is 12.1. The quantitative estimate of drug-likeness (QED) is 0.173. The van der Waals surface area contributed by atoms with Crippen LogP contribution < -0.4 is 0 Å². The molecular weight excluding hydrogens is 865 g/mol. The van der Waals surface area contributed by atoms with Crippen LogP contribution in [0.1, 0.15) is 0 Å². The maximum Gasteiger partial charge on any atom is 0.235 e. The Morgan fingerprint density at radius 3 is 1.74 bits per heavy atom. The highest BCUT2D eigenvalue weighted by Gasteiger charge is 2.25. The molecule has 0 unspecified atom stereocenters. The van der Waals surface area contributed by atoms with Crippen LogP contribution in [-0.4, -0.2) is 19.1 Å². The zero-order chi connectivity index (χ0) is 44.5. The van der Waals surface area contributed by atoms with Gasteiger partial charge in [0.15, 0.2) is 0 Å². The number of thiophene rings is 2. The van der Waals surface area contributed by atoms with Gasteiger partial charge in [0.05, 0.1) is 38.0 Å². The molecular formula is C62H36N4S2. The molecule has 0 aliphatic rings. The second-order valence-electron chi connectivity index (χ2n) is 17.7. The molecule has 0 aliphatic heterocycles. The van der Waals surface area contributed by atoms with Crippen LogP contribution >= 0.6 is 22.7 Å². The molecule has 10 aromatic carbocycles. The van der Waals surface area contributed by atoms with Crippen molar-refractivity contribution in [2.75, 3.05) is 0 Å². The summed E-state index contributed by atoms with van der Waals surface area (Å²) in [5.41, 5.74) is 13.6. The van der Waals surface area contributed by atoms with Crippen LogP contribution in [0.2, 0.25) is 0 Å². The fourth-order valence-electron chi connectivity index (χ4n) is 10.8. The molecule has 0 saturated carbocycles. The second kappa shape index (κ2) is 14.5. The first-order valence-corrected chi connectivity index (χ1v) is 24.6. The fourth-order valence-corrected chi connectivity index (χ4v) is 13.2. The molecule has 0 amide bonds. The number of hydrogen-bond acceptors (Lipinski definition) is 4. The highest BCUT2D eigenvalue weighted by Crippen LogP contribution is 2.49. The van der Waals surface area contributed by atoms with Gasteiger partial charge in [0.1, 0.15) is 0 Å². The minimum atomic E-state index is 0.674. The molecule has 0 saturated heterocycles. The Balaban J connectivity index is 0.996. The Labute approximate surface area is 397 Å². The number of benzene rings is 10. The first-order chi connectivity index (χ1) is 33.7. The monoisotopic (exact) mass is 900 g/mol. The van der Waals surface area contributed by atoms with Crippen molar-refractivity contribution < 1.29 is 0 Å². The summed E-state index contributed by atoms with van der Waals surface area (Å²) < 4.78 is 9.60. The van der Waals surface area contributed by atoms with Gasteiger partial charge in [-0.2, -0.15) is 0 Å². The van der Waals surface area contributed by atoms with Gasteiger partial charge >= 0.3 is 0 Å². The van der Waals surface area contributed by atoms with Crippen molar-refractivity contribution >= 4 is 118 Å². The lowest BCUT2D eigenvalue weighted by atomic mass is 9.98. The zero-order valence-electron chi connectivity index (χ0n) is 36.4. The molecule has 15 aromatic rings. The van der Waals surface area contributed by atoms with Crippen molar-refractivity contribution in [1.82, 2.24) is 19.1 Å². The van der Waals surface area contributed by atoms with E-state index in [-0.39, 0.29) is 0 Å². The summed E-state index contributed by atoms with van der Waals surface area (Å²) in [4.78, 5) is 11.1. The Bertz CT molecular complexity index is 4560. The average molecular weight is 901 g/mol. The van der Waals surface area contributed by atoms with Crippen molar-refractivity contribution in [3.8, 4) is 45.1 Å². The van der Waals surface area contributed by atoms with Crippen LogP contribution in [0.25, 0.3) is 140 Å². The number of fused-ring (bicyclic) bond motifs is 14. The van der Waals surface area contributed by atoms with E-state index in [1.54, 1.807) is 11.3 Å². The van der Waals surface area contributed by atoms with Gasteiger partial charge in [0.2, 0.25) is 5.95 Å². The van der Waals surface area contributed by atoms with Crippen molar-refractivity contribution in [1.29, 1.82) is 0 Å². The summed E-state index contributed by atoms with van der Waals surface area (Å²) in [6.07, 6.45) is 0. The summed E-state index contributed by atoms with van der Waals surface area (Å²) in [5, 5.41) is 10.9. The van der Waals surface area contributed by atoms with Crippen molar-refractivity contribution in [2.24, 2.45) is 0 Å². The highest BCUT2D eigenvalue weighted by molar-refractivity contribution is 7.26. The largest absolute Gasteiger partial charge is 0.309 e. The van der Waals surface area contributed by atoms with E-state index in [2.05, 4.69) is 228 Å². The molecule has 0 aliphatic carbocycles. The molecule has 0 N–H and O–H groups in total. The van der Waals surface area contributed by atoms with Gasteiger partial charge in [-0.25, -0.2) is 9.97 Å². The van der Waals surface area contributed by atoms with E-state index in [9.17, 15) is 0 Å². The van der Waals surface area contributed by atoms with Gasteiger partial charge in [0.25, 0.3) is 0 Å². The summed E-state index contributed by atoms with van der Waals surface area (Å²) in [5.74, 6) is 0.674. The summed E-state index contributed by atoms with van der Waals surface area (Å²) >= 11 is 3.64. The molecule has 5 heterocycles. The van der Waals surface area contributed by atoms with Crippen molar-refractivity contribution in [3.05, 3.63) is 218 Å². The van der Waals surface area contributed by atoms with E-state index in [0.717, 1.165) is 43.6 Å². The van der Waals surface area contributed by atoms with Gasteiger partial charge in [-0.05, 0) is 82.1 Å². The number of aromatic nitrogens is 4. The van der Waals surface area contributed by atoms with Gasteiger partial charge in [-0.15, -0.1) is 22.7 Å². The average Bonchev–Trinajstić information content (AvgIpc) is 4.16. The van der Waals surface area contributed by atoms with Crippen LogP contribution in [0.3, 0.4) is 0 Å². The number of para-hydroxylation sites is 2. The molecule has 0 spiro atoms. The molecule has 5 aromatic heterocycles. The van der Waals surface area contributed by atoms with Crippen LogP contribution in [0.15, 0.2) is 218 Å². The summed E-state index contributed by atoms with van der Waals surface area (Å²) in [7, 11) is 0. The minimum Gasteiger partial charge on any atom is -0.309 e. The molecule has 15 rings (SSSR count). The van der Waals surface area contributed by atoms with Gasteiger partial charge < -0.3 is 4.57 Å². The Kier molecular flexibility index (Phi) is 8.07. The fraction of sp³-hybridized carbons (Fsp3) is 0. The maximum absolute atomic E-state index is 5.55.